The van der Waals surface area contributed by atoms with Crippen LogP contribution < -0.4 is 20.7 Å². The van der Waals surface area contributed by atoms with Crippen molar-refractivity contribution in [2.24, 2.45) is 0 Å². The van der Waals surface area contributed by atoms with E-state index in [0.717, 1.165) is 96.6 Å². The molecule has 716 valence electrons. The average Bonchev–Trinajstić information content (AvgIpc) is 1.65. The van der Waals surface area contributed by atoms with Crippen molar-refractivity contribution in [1.29, 1.82) is 0 Å². The number of hydrogen-bond donors (Lipinski definition) is 0. The summed E-state index contributed by atoms with van der Waals surface area (Å²) in [4.78, 5) is 20.8. The van der Waals surface area contributed by atoms with Crippen molar-refractivity contribution in [3.63, 3.8) is 0 Å². The Morgan fingerprint density at radius 3 is 0.899 bits per heavy atom. The number of aryl methyl sites for hydroxylation is 3. The molecule has 0 spiro atoms. The van der Waals surface area contributed by atoms with Gasteiger partial charge in [-0.1, -0.05) is 305 Å². The van der Waals surface area contributed by atoms with Gasteiger partial charge in [-0.25, -0.2) is 0 Å². The van der Waals surface area contributed by atoms with Crippen molar-refractivity contribution in [3.05, 3.63) is 242 Å². The molecule has 0 saturated carbocycles. The van der Waals surface area contributed by atoms with E-state index in [4.69, 9.17) is 113 Å². The van der Waals surface area contributed by atoms with E-state index in [9.17, 15) is 0 Å². The van der Waals surface area contributed by atoms with E-state index in [1.807, 2.05) is 6.08 Å². The van der Waals surface area contributed by atoms with Crippen molar-refractivity contribution >= 4 is 177 Å². The molecule has 0 aliphatic carbocycles. The Balaban J connectivity index is 0.000000425. The molecule has 0 atom stereocenters. The number of ether oxygens (including phenoxy) is 4. The fourth-order valence-corrected chi connectivity index (χ4v) is 26.1. The van der Waals surface area contributed by atoms with Crippen LogP contribution in [0.1, 0.15) is 241 Å². The van der Waals surface area contributed by atoms with Gasteiger partial charge in [0.2, 0.25) is 0 Å². The van der Waals surface area contributed by atoms with Crippen molar-refractivity contribution in [2.75, 3.05) is 39.5 Å². The van der Waals surface area contributed by atoms with Crippen LogP contribution in [0.3, 0.4) is 0 Å². The third-order valence-electron chi connectivity index (χ3n) is 21.7. The van der Waals surface area contributed by atoms with Gasteiger partial charge >= 0.3 is 143 Å². The average molecular weight is 2130 g/mol. The van der Waals surface area contributed by atoms with Gasteiger partial charge in [-0.3, -0.25) is 0 Å². The van der Waals surface area contributed by atoms with Gasteiger partial charge in [0.15, 0.2) is 0 Å². The van der Waals surface area contributed by atoms with Crippen molar-refractivity contribution in [2.45, 2.75) is 319 Å². The molecule has 0 amide bonds. The molecule has 0 aliphatic rings. The van der Waals surface area contributed by atoms with E-state index in [0.29, 0.717) is 0 Å². The van der Waals surface area contributed by atoms with Gasteiger partial charge in [-0.15, -0.1) is 124 Å². The van der Waals surface area contributed by atoms with Crippen molar-refractivity contribution in [1.82, 2.24) is 0 Å². The number of unbranched alkanes of at least 4 members (excludes halogenated alkanes) is 12. The summed E-state index contributed by atoms with van der Waals surface area (Å²) in [5.41, 5.74) is 8.37. The molecule has 24 heteroatoms. The van der Waals surface area contributed by atoms with E-state index in [-0.39, 0.29) is 27.9 Å². The molecule has 129 heavy (non-hydrogen) atoms. The molecule has 0 aromatic heterocycles. The Morgan fingerprint density at radius 2 is 0.581 bits per heavy atom. The molecule has 0 aliphatic heterocycles. The summed E-state index contributed by atoms with van der Waals surface area (Å²) >= 11 is -2.22. The first-order chi connectivity index (χ1) is 60.8. The number of fused-ring (bicyclic) bond motifs is 4. The minimum absolute atomic E-state index is 0.0145. The standard InChI is InChI=1S/C28H39NOSi.C27H37NOSi.C25H41NOSi.C25H39NOSi.8ClH.4Ti/c1-28(2,3)30-20-14-7-6-13-19-29-31(4,5)27-22-24(21-23-15-9-8-10-16-23)25-17-11-12-18-26(25)27;1-27(2,3)29-20-14-7-6-9-15-22-21-26(25-19-13-12-18-24(22)25)30(4,5)28-23-16-10-8-11-17-23;1-24(2,3)26-28(7,8)23-19-20(21-16-12-13-17-22(21)23)15-11-9-10-14-18-27-25(4,5)6;1-7-8-18-26-28(5,6)24-20-21(22-16-12-13-17-23(22)24)15-11-9-10-14-19-27-25(2,3)4;;;;;;;;;;;;/h8-12,15-18,22H,6-7,13-14,19-21H2,1-5H3;8,10-13,16-19,21H,6-7,9,14-15,20H2,1-5H3;12-13,16-17,19H,9-11,14-15,18H2,1-8H3;7,12-13,16-17,20H,1,8-11,14-15,18-19H2,2-6H3;8*1H;;;;/q4*-2;;;;;;;;;4*+2/p-8. The van der Waals surface area contributed by atoms with Crippen LogP contribution in [0.25, 0.3) is 63.0 Å². The molecular formula is C105H156Cl8N4O4Si4Ti4-8. The molecule has 0 bridgehead atoms. The fourth-order valence-electron chi connectivity index (χ4n) is 16.1. The zero-order valence-electron chi connectivity index (χ0n) is 82.6. The van der Waals surface area contributed by atoms with E-state index >= 15 is 0 Å². The predicted molar refractivity (Wildman–Crippen MR) is 574 cm³/mol. The maximum absolute atomic E-state index is 5.84. The first-order valence-corrected chi connectivity index (χ1v) is 75.5. The number of nitrogens with zero attached hydrogens (tertiary/aromatic N) is 4. The summed E-state index contributed by atoms with van der Waals surface area (Å²) < 4.78 is 23.3. The third-order valence-corrected chi connectivity index (χ3v) is 32.7. The topological polar surface area (TPSA) is 93.3 Å². The van der Waals surface area contributed by atoms with Gasteiger partial charge < -0.3 is 38.9 Å². The second kappa shape index (κ2) is 64.4. The van der Waals surface area contributed by atoms with Crippen molar-refractivity contribution < 1.29 is 87.1 Å². The second-order valence-electron chi connectivity index (χ2n) is 40.0. The molecule has 10 aromatic rings. The molecule has 0 radical (unpaired) electrons. The van der Waals surface area contributed by atoms with Crippen LogP contribution in [0, 0.1) is 0 Å². The zero-order valence-corrected chi connectivity index (χ0v) is 98.9. The molecule has 10 rings (SSSR count). The molecule has 0 saturated heterocycles. The van der Waals surface area contributed by atoms with Crippen molar-refractivity contribution in [3.8, 4) is 0 Å². The molecule has 0 unspecified atom stereocenters. The predicted octanol–water partition coefficient (Wildman–Crippen LogP) is 34.3. The first kappa shape index (κ1) is 122. The Labute approximate surface area is 855 Å². The second-order valence-corrected chi connectivity index (χ2v) is 66.0. The van der Waals surface area contributed by atoms with Crippen LogP contribution in [0.5, 0.6) is 0 Å². The number of hydrogen-bond acceptors (Lipinski definition) is 4. The minimum atomic E-state index is -1.94. The Hall–Kier alpha value is -0.935. The van der Waals surface area contributed by atoms with Gasteiger partial charge in [-0.2, -0.15) is 89.8 Å². The number of benzene rings is 6. The van der Waals surface area contributed by atoms with Crippen LogP contribution >= 0.6 is 74.4 Å². The summed E-state index contributed by atoms with van der Waals surface area (Å²) in [6.07, 6.45) is 27.0. The van der Waals surface area contributed by atoms with E-state index < -0.39 is 101 Å². The molecule has 0 heterocycles. The molecule has 0 fully saturated rings. The summed E-state index contributed by atoms with van der Waals surface area (Å²) in [5.74, 6) is 0. The molecule has 0 N–H and O–H groups in total. The Bertz CT molecular complexity index is 4620. The van der Waals surface area contributed by atoms with Crippen LogP contribution in [-0.2, 0) is 113 Å². The number of rotatable bonds is 42. The Kier molecular flexibility index (Phi) is 61.0. The molecule has 10 aromatic carbocycles. The summed E-state index contributed by atoms with van der Waals surface area (Å²) in [5, 5.41) is 17.3. The quantitative estimate of drug-likeness (QED) is 0.0165. The van der Waals surface area contributed by atoms with E-state index in [1.54, 1.807) is 0 Å². The van der Waals surface area contributed by atoms with Gasteiger partial charge in [0.1, 0.15) is 0 Å². The zero-order chi connectivity index (χ0) is 96.4. The van der Waals surface area contributed by atoms with Gasteiger partial charge in [0.05, 0.1) is 22.4 Å². The number of halogens is 8. The summed E-state index contributed by atoms with van der Waals surface area (Å²) in [6, 6.07) is 66.8. The molecule has 8 nitrogen and oxygen atoms in total. The SMILES string of the molecule is C=CCC[N-][Si](C)(C)[c-]1cc(CCCCCCOC(C)(C)C)c2ccccc21.CC(C)(C)OCCCCCC[N-][Si](C)(C)[c-]1cc(Cc2ccccc2)c2ccccc21.CC(C)(C)OCCCCCCc1c[c-]([Si](C)(C)[N-]c2ccccc2)c2ccccc12.CC(C)(C)[N-][Si](C)(C)[c-]1cc(CCCCCCOC(C)(C)C)c2ccccc21.[Cl][Ti][Cl].[Cl][Ti][Cl].[Cl][Ti][Cl].[Cl][Ti][Cl]. The normalized spacial score (nSPS) is 12.0. The fraction of sp³-hybridized carbons (Fsp3) is 0.524. The third kappa shape index (κ3) is 50.7. The van der Waals surface area contributed by atoms with Gasteiger partial charge in [0.25, 0.3) is 0 Å². The maximum atomic E-state index is 5.84. The van der Waals surface area contributed by atoms with E-state index in [2.05, 4.69) is 345 Å². The van der Waals surface area contributed by atoms with Gasteiger partial charge in [0, 0.05) is 26.4 Å². The van der Waals surface area contributed by atoms with E-state index in [1.165, 1.54) is 175 Å². The van der Waals surface area contributed by atoms with Crippen LogP contribution in [0.2, 0.25) is 52.4 Å². The monoisotopic (exact) mass is 2120 g/mol. The van der Waals surface area contributed by atoms with Gasteiger partial charge in [-0.05, 0) is 115 Å². The first-order valence-electron chi connectivity index (χ1n) is 46.5. The van der Waals surface area contributed by atoms with Crippen LogP contribution in [-0.4, -0.2) is 100 Å². The summed E-state index contributed by atoms with van der Waals surface area (Å²) in [6.45, 7) is 60.4. The summed E-state index contributed by atoms with van der Waals surface area (Å²) in [7, 11) is 31.7. The van der Waals surface area contributed by atoms with Crippen LogP contribution in [0.4, 0.5) is 5.69 Å². The Morgan fingerprint density at radius 1 is 0.318 bits per heavy atom. The van der Waals surface area contributed by atoms with Crippen LogP contribution in [0.15, 0.2) is 195 Å². The molecular weight excluding hydrogens is 1970 g/mol.